The summed E-state index contributed by atoms with van der Waals surface area (Å²) in [5.41, 5.74) is 1.37. The largest absolute Gasteiger partial charge is 0.326 e. The molecule has 0 saturated heterocycles. The SMILES string of the molecule is CSC(=Nc1cccc(NC(=O)C(C)C)c1)NC#N. The molecule has 0 spiro atoms. The van der Waals surface area contributed by atoms with Crippen molar-refractivity contribution in [1.82, 2.24) is 5.32 Å². The third kappa shape index (κ3) is 5.02. The molecule has 100 valence electrons. The highest BCUT2D eigenvalue weighted by Gasteiger charge is 2.07. The zero-order valence-corrected chi connectivity index (χ0v) is 11.9. The zero-order valence-electron chi connectivity index (χ0n) is 11.1. The van der Waals surface area contributed by atoms with Crippen LogP contribution in [0.15, 0.2) is 29.3 Å². The Morgan fingerprint density at radius 3 is 2.79 bits per heavy atom. The van der Waals surface area contributed by atoms with Gasteiger partial charge in [0.2, 0.25) is 5.91 Å². The van der Waals surface area contributed by atoms with E-state index in [-0.39, 0.29) is 11.8 Å². The fourth-order valence-corrected chi connectivity index (χ4v) is 1.57. The summed E-state index contributed by atoms with van der Waals surface area (Å²) in [6.07, 6.45) is 3.66. The Hall–Kier alpha value is -2.00. The van der Waals surface area contributed by atoms with E-state index >= 15 is 0 Å². The summed E-state index contributed by atoms with van der Waals surface area (Å²) in [5, 5.41) is 14.4. The van der Waals surface area contributed by atoms with E-state index in [9.17, 15) is 4.79 Å². The van der Waals surface area contributed by atoms with Crippen LogP contribution in [0.5, 0.6) is 0 Å². The highest BCUT2D eigenvalue weighted by Crippen LogP contribution is 2.19. The van der Waals surface area contributed by atoms with Gasteiger partial charge in [-0.1, -0.05) is 31.7 Å². The average molecular weight is 276 g/mol. The average Bonchev–Trinajstić information content (AvgIpc) is 2.38. The van der Waals surface area contributed by atoms with Crippen LogP contribution in [0, 0.1) is 17.4 Å². The maximum atomic E-state index is 11.6. The number of nitrogens with zero attached hydrogens (tertiary/aromatic N) is 2. The van der Waals surface area contributed by atoms with Crippen LogP contribution in [0.25, 0.3) is 0 Å². The Kier molecular flexibility index (Phi) is 5.90. The first-order chi connectivity index (χ1) is 9.06. The lowest BCUT2D eigenvalue weighted by molar-refractivity contribution is -0.118. The van der Waals surface area contributed by atoms with Crippen LogP contribution in [0.2, 0.25) is 0 Å². The predicted molar refractivity (Wildman–Crippen MR) is 79.3 cm³/mol. The number of rotatable bonds is 3. The highest BCUT2D eigenvalue weighted by atomic mass is 32.2. The van der Waals surface area contributed by atoms with Crippen LogP contribution < -0.4 is 10.6 Å². The van der Waals surface area contributed by atoms with Gasteiger partial charge in [-0.05, 0) is 24.5 Å². The molecule has 1 aromatic rings. The molecule has 0 saturated carbocycles. The fraction of sp³-hybridized carbons (Fsp3) is 0.308. The normalized spacial score (nSPS) is 11.0. The summed E-state index contributed by atoms with van der Waals surface area (Å²) in [7, 11) is 0. The van der Waals surface area contributed by atoms with Gasteiger partial charge in [0, 0.05) is 11.6 Å². The van der Waals surface area contributed by atoms with Crippen molar-refractivity contribution in [3.8, 4) is 6.19 Å². The van der Waals surface area contributed by atoms with Crippen molar-refractivity contribution in [1.29, 1.82) is 5.26 Å². The van der Waals surface area contributed by atoms with Crippen molar-refractivity contribution >= 4 is 34.2 Å². The van der Waals surface area contributed by atoms with Crippen molar-refractivity contribution in [2.45, 2.75) is 13.8 Å². The highest BCUT2D eigenvalue weighted by molar-refractivity contribution is 8.13. The number of aliphatic imine (C=N–C) groups is 1. The Morgan fingerprint density at radius 2 is 2.21 bits per heavy atom. The first-order valence-electron chi connectivity index (χ1n) is 5.75. The number of hydrogen-bond donors (Lipinski definition) is 2. The minimum absolute atomic E-state index is 0.0404. The lowest BCUT2D eigenvalue weighted by Crippen LogP contribution is -2.17. The number of carbonyl (C=O) groups is 1. The molecule has 0 heterocycles. The number of anilines is 1. The van der Waals surface area contributed by atoms with Crippen molar-refractivity contribution in [3.05, 3.63) is 24.3 Å². The van der Waals surface area contributed by atoms with E-state index in [0.29, 0.717) is 16.5 Å². The molecule has 0 unspecified atom stereocenters. The van der Waals surface area contributed by atoms with E-state index in [4.69, 9.17) is 5.26 Å². The monoisotopic (exact) mass is 276 g/mol. The maximum Gasteiger partial charge on any atom is 0.226 e. The summed E-state index contributed by atoms with van der Waals surface area (Å²) in [6, 6.07) is 7.17. The molecule has 1 aromatic carbocycles. The standard InChI is InChI=1S/C13H16N4OS/c1-9(2)12(18)16-10-5-4-6-11(7-10)17-13(19-3)15-8-14/h4-7,9H,1-3H3,(H,15,17)(H,16,18). The van der Waals surface area contributed by atoms with Crippen molar-refractivity contribution in [2.24, 2.45) is 10.9 Å². The Bertz CT molecular complexity index is 520. The lowest BCUT2D eigenvalue weighted by Gasteiger charge is -2.08. The third-order valence-corrected chi connectivity index (χ3v) is 2.80. The van der Waals surface area contributed by atoms with Crippen LogP contribution in [0.1, 0.15) is 13.8 Å². The van der Waals surface area contributed by atoms with Crippen molar-refractivity contribution in [3.63, 3.8) is 0 Å². The van der Waals surface area contributed by atoms with Gasteiger partial charge in [-0.3, -0.25) is 10.1 Å². The molecule has 6 heteroatoms. The minimum atomic E-state index is -0.0748. The molecule has 0 fully saturated rings. The van der Waals surface area contributed by atoms with E-state index in [0.717, 1.165) is 0 Å². The second-order valence-corrected chi connectivity index (χ2v) is 4.85. The molecule has 0 aromatic heterocycles. The Labute approximate surface area is 117 Å². The first-order valence-corrected chi connectivity index (χ1v) is 6.98. The summed E-state index contributed by atoms with van der Waals surface area (Å²) in [5.74, 6) is -0.115. The molecule has 1 amide bonds. The van der Waals surface area contributed by atoms with Gasteiger partial charge in [0.05, 0.1) is 5.69 Å². The van der Waals surface area contributed by atoms with E-state index in [1.165, 1.54) is 11.8 Å². The van der Waals surface area contributed by atoms with Gasteiger partial charge in [-0.25, -0.2) is 4.99 Å². The number of nitriles is 1. The Morgan fingerprint density at radius 1 is 1.47 bits per heavy atom. The number of carbonyl (C=O) groups excluding carboxylic acids is 1. The summed E-state index contributed by atoms with van der Waals surface area (Å²) < 4.78 is 0. The molecule has 1 rings (SSSR count). The molecular weight excluding hydrogens is 260 g/mol. The van der Waals surface area contributed by atoms with Gasteiger partial charge in [-0.2, -0.15) is 5.26 Å². The van der Waals surface area contributed by atoms with Gasteiger partial charge in [0.15, 0.2) is 11.4 Å². The summed E-state index contributed by atoms with van der Waals surface area (Å²) in [4.78, 5) is 15.9. The smallest absolute Gasteiger partial charge is 0.226 e. The topological polar surface area (TPSA) is 77.3 Å². The number of nitrogens with one attached hydrogen (secondary N) is 2. The number of amidine groups is 1. The number of amides is 1. The second-order valence-electron chi connectivity index (χ2n) is 4.05. The van der Waals surface area contributed by atoms with Gasteiger partial charge < -0.3 is 5.32 Å². The predicted octanol–water partition coefficient (Wildman–Crippen LogP) is 2.70. The fourth-order valence-electron chi connectivity index (χ4n) is 1.23. The molecule has 0 aliphatic rings. The van der Waals surface area contributed by atoms with Crippen LogP contribution in [-0.4, -0.2) is 17.3 Å². The van der Waals surface area contributed by atoms with E-state index in [1.807, 2.05) is 26.3 Å². The van der Waals surface area contributed by atoms with Crippen LogP contribution in [0.4, 0.5) is 11.4 Å². The van der Waals surface area contributed by atoms with Gasteiger partial charge in [0.1, 0.15) is 0 Å². The quantitative estimate of drug-likeness (QED) is 0.385. The second kappa shape index (κ2) is 7.44. The van der Waals surface area contributed by atoms with Gasteiger partial charge in [0.25, 0.3) is 0 Å². The molecular formula is C13H16N4OS. The minimum Gasteiger partial charge on any atom is -0.326 e. The molecule has 19 heavy (non-hydrogen) atoms. The maximum absolute atomic E-state index is 11.6. The first kappa shape index (κ1) is 15.1. The Balaban J connectivity index is 2.88. The van der Waals surface area contributed by atoms with E-state index in [2.05, 4.69) is 15.6 Å². The van der Waals surface area contributed by atoms with Gasteiger partial charge in [-0.15, -0.1) is 0 Å². The van der Waals surface area contributed by atoms with Crippen LogP contribution in [0.3, 0.4) is 0 Å². The van der Waals surface area contributed by atoms with Crippen molar-refractivity contribution in [2.75, 3.05) is 11.6 Å². The summed E-state index contributed by atoms with van der Waals surface area (Å²) >= 11 is 1.34. The number of benzene rings is 1. The summed E-state index contributed by atoms with van der Waals surface area (Å²) in [6.45, 7) is 3.67. The van der Waals surface area contributed by atoms with Crippen molar-refractivity contribution < 1.29 is 4.79 Å². The van der Waals surface area contributed by atoms with Crippen LogP contribution >= 0.6 is 11.8 Å². The lowest BCUT2D eigenvalue weighted by atomic mass is 10.2. The zero-order chi connectivity index (χ0) is 14.3. The molecule has 0 atom stereocenters. The molecule has 5 nitrogen and oxygen atoms in total. The number of hydrogen-bond acceptors (Lipinski definition) is 4. The van der Waals surface area contributed by atoms with E-state index in [1.54, 1.807) is 24.3 Å². The molecule has 0 bridgehead atoms. The molecule has 0 radical (unpaired) electrons. The molecule has 0 aliphatic heterocycles. The molecule has 0 aliphatic carbocycles. The molecule has 2 N–H and O–H groups in total. The van der Waals surface area contributed by atoms with Crippen LogP contribution in [-0.2, 0) is 4.79 Å². The number of thioether (sulfide) groups is 1. The van der Waals surface area contributed by atoms with E-state index < -0.39 is 0 Å². The third-order valence-electron chi connectivity index (χ3n) is 2.22. The van der Waals surface area contributed by atoms with Gasteiger partial charge >= 0.3 is 0 Å².